The van der Waals surface area contributed by atoms with Crippen molar-refractivity contribution in [2.45, 2.75) is 13.5 Å². The minimum atomic E-state index is 0.750. The van der Waals surface area contributed by atoms with Crippen LogP contribution in [-0.4, -0.2) is 48.6 Å². The van der Waals surface area contributed by atoms with Gasteiger partial charge in [-0.1, -0.05) is 12.1 Å². The van der Waals surface area contributed by atoms with Crippen LogP contribution in [0.25, 0.3) is 0 Å². The van der Waals surface area contributed by atoms with Crippen LogP contribution in [0.1, 0.15) is 11.8 Å². The number of nitrogens with one attached hydrogen (secondary N) is 1. The summed E-state index contributed by atoms with van der Waals surface area (Å²) in [6.45, 7) is 7.63. The van der Waals surface area contributed by atoms with Gasteiger partial charge >= 0.3 is 0 Å². The Balaban J connectivity index is 1.60. The third-order valence-corrected chi connectivity index (χ3v) is 4.71. The first-order valence-electron chi connectivity index (χ1n) is 8.08. The fourth-order valence-electron chi connectivity index (χ4n) is 2.67. The number of hydrogen-bond acceptors (Lipinski definition) is 4. The molecule has 2 aromatic rings. The summed E-state index contributed by atoms with van der Waals surface area (Å²) in [7, 11) is 0. The van der Waals surface area contributed by atoms with Crippen molar-refractivity contribution in [2.24, 2.45) is 4.99 Å². The number of guanidine groups is 1. The Hall–Kier alpha value is -2.08. The van der Waals surface area contributed by atoms with Crippen LogP contribution in [0.2, 0.25) is 0 Å². The highest BCUT2D eigenvalue weighted by atomic mass is 32.1. The summed E-state index contributed by atoms with van der Waals surface area (Å²) in [6, 6.07) is 10.3. The SMILES string of the molecule is CCNC(=NCc1cccs1)N1CCN(c2ccccn2)CC1. The number of nitrogens with zero attached hydrogens (tertiary/aromatic N) is 4. The molecule has 122 valence electrons. The van der Waals surface area contributed by atoms with E-state index in [4.69, 9.17) is 4.99 Å². The van der Waals surface area contributed by atoms with Crippen LogP contribution in [0.4, 0.5) is 5.82 Å². The van der Waals surface area contributed by atoms with Crippen molar-refractivity contribution in [3.63, 3.8) is 0 Å². The van der Waals surface area contributed by atoms with E-state index in [2.05, 4.69) is 50.6 Å². The molecule has 0 bridgehead atoms. The van der Waals surface area contributed by atoms with Gasteiger partial charge in [0.25, 0.3) is 0 Å². The number of aromatic nitrogens is 1. The highest BCUT2D eigenvalue weighted by Gasteiger charge is 2.20. The molecular formula is C17H23N5S. The maximum atomic E-state index is 4.79. The molecule has 0 atom stereocenters. The van der Waals surface area contributed by atoms with Crippen LogP contribution in [0, 0.1) is 0 Å². The maximum Gasteiger partial charge on any atom is 0.194 e. The highest BCUT2D eigenvalue weighted by Crippen LogP contribution is 2.13. The Morgan fingerprint density at radius 1 is 1.22 bits per heavy atom. The van der Waals surface area contributed by atoms with Gasteiger partial charge in [-0.2, -0.15) is 0 Å². The molecule has 0 amide bonds. The van der Waals surface area contributed by atoms with Crippen molar-refractivity contribution in [1.29, 1.82) is 0 Å². The Bertz CT molecular complexity index is 603. The normalized spacial score (nSPS) is 15.8. The minimum absolute atomic E-state index is 0.750. The second-order valence-electron chi connectivity index (χ2n) is 5.41. The molecule has 1 fully saturated rings. The van der Waals surface area contributed by atoms with Crippen molar-refractivity contribution in [2.75, 3.05) is 37.6 Å². The monoisotopic (exact) mass is 329 g/mol. The molecule has 23 heavy (non-hydrogen) atoms. The van der Waals surface area contributed by atoms with Crippen LogP contribution >= 0.6 is 11.3 Å². The first kappa shape index (κ1) is 15.8. The number of rotatable bonds is 4. The number of aliphatic imine (C=N–C) groups is 1. The van der Waals surface area contributed by atoms with Crippen LogP contribution in [0.5, 0.6) is 0 Å². The van der Waals surface area contributed by atoms with E-state index in [1.165, 1.54) is 4.88 Å². The molecule has 1 aliphatic rings. The summed E-state index contributed by atoms with van der Waals surface area (Å²) in [6.07, 6.45) is 1.86. The average Bonchev–Trinajstić information content (AvgIpc) is 3.13. The van der Waals surface area contributed by atoms with E-state index in [9.17, 15) is 0 Å². The molecular weight excluding hydrogens is 306 g/mol. The van der Waals surface area contributed by atoms with Gasteiger partial charge in [-0.05, 0) is 30.5 Å². The molecule has 1 aliphatic heterocycles. The molecule has 0 saturated carbocycles. The van der Waals surface area contributed by atoms with Gasteiger partial charge in [0.15, 0.2) is 5.96 Å². The Kier molecular flexibility index (Phi) is 5.47. The summed E-state index contributed by atoms with van der Waals surface area (Å²) >= 11 is 1.76. The van der Waals surface area contributed by atoms with E-state index in [0.29, 0.717) is 0 Å². The summed E-state index contributed by atoms with van der Waals surface area (Å²) in [5.74, 6) is 2.08. The second-order valence-corrected chi connectivity index (χ2v) is 6.44. The van der Waals surface area contributed by atoms with E-state index in [1.54, 1.807) is 11.3 Å². The topological polar surface area (TPSA) is 43.8 Å². The van der Waals surface area contributed by atoms with Gasteiger partial charge in [-0.3, -0.25) is 0 Å². The Labute approximate surface area is 141 Å². The van der Waals surface area contributed by atoms with Crippen LogP contribution in [0.3, 0.4) is 0 Å². The molecule has 1 saturated heterocycles. The molecule has 0 radical (unpaired) electrons. The van der Waals surface area contributed by atoms with Crippen molar-refractivity contribution < 1.29 is 0 Å². The summed E-state index contributed by atoms with van der Waals surface area (Å²) < 4.78 is 0. The smallest absolute Gasteiger partial charge is 0.194 e. The zero-order valence-corrected chi connectivity index (χ0v) is 14.3. The third-order valence-electron chi connectivity index (χ3n) is 3.85. The predicted octanol–water partition coefficient (Wildman–Crippen LogP) is 2.43. The van der Waals surface area contributed by atoms with E-state index in [0.717, 1.165) is 51.0 Å². The summed E-state index contributed by atoms with van der Waals surface area (Å²) in [4.78, 5) is 15.2. The van der Waals surface area contributed by atoms with E-state index < -0.39 is 0 Å². The fourth-order valence-corrected chi connectivity index (χ4v) is 3.30. The van der Waals surface area contributed by atoms with Gasteiger partial charge in [-0.25, -0.2) is 9.98 Å². The molecule has 3 heterocycles. The van der Waals surface area contributed by atoms with Crippen molar-refractivity contribution in [3.05, 3.63) is 46.8 Å². The second kappa shape index (κ2) is 7.97. The van der Waals surface area contributed by atoms with E-state index >= 15 is 0 Å². The summed E-state index contributed by atoms with van der Waals surface area (Å²) in [5, 5.41) is 5.52. The standard InChI is InChI=1S/C17H23N5S/c1-2-18-17(20-14-15-6-5-13-23-15)22-11-9-21(10-12-22)16-7-3-4-8-19-16/h3-8,13H,2,9-12,14H2,1H3,(H,18,20). The van der Waals surface area contributed by atoms with E-state index in [-0.39, 0.29) is 0 Å². The van der Waals surface area contributed by atoms with E-state index in [1.807, 2.05) is 18.3 Å². The zero-order valence-electron chi connectivity index (χ0n) is 13.5. The first-order valence-corrected chi connectivity index (χ1v) is 8.96. The molecule has 0 unspecified atom stereocenters. The van der Waals surface area contributed by atoms with Crippen molar-refractivity contribution in [1.82, 2.24) is 15.2 Å². The van der Waals surface area contributed by atoms with Gasteiger partial charge in [0.1, 0.15) is 5.82 Å². The highest BCUT2D eigenvalue weighted by molar-refractivity contribution is 7.09. The molecule has 0 aromatic carbocycles. The summed E-state index contributed by atoms with van der Waals surface area (Å²) in [5.41, 5.74) is 0. The first-order chi connectivity index (χ1) is 11.4. The van der Waals surface area contributed by atoms with Gasteiger partial charge in [0, 0.05) is 43.8 Å². The average molecular weight is 329 g/mol. The maximum absolute atomic E-state index is 4.79. The number of hydrogen-bond donors (Lipinski definition) is 1. The van der Waals surface area contributed by atoms with Gasteiger partial charge in [0.2, 0.25) is 0 Å². The molecule has 5 nitrogen and oxygen atoms in total. The lowest BCUT2D eigenvalue weighted by Gasteiger charge is -2.37. The lowest BCUT2D eigenvalue weighted by molar-refractivity contribution is 0.371. The largest absolute Gasteiger partial charge is 0.357 e. The quantitative estimate of drug-likeness (QED) is 0.691. The van der Waals surface area contributed by atoms with Crippen molar-refractivity contribution >= 4 is 23.1 Å². The number of anilines is 1. The molecule has 0 spiro atoms. The Morgan fingerprint density at radius 3 is 2.74 bits per heavy atom. The molecule has 1 N–H and O–H groups in total. The predicted molar refractivity (Wildman–Crippen MR) is 97.2 cm³/mol. The number of piperazine rings is 1. The number of thiophene rings is 1. The zero-order chi connectivity index (χ0) is 15.9. The molecule has 2 aromatic heterocycles. The van der Waals surface area contributed by atoms with Gasteiger partial charge in [0.05, 0.1) is 6.54 Å². The van der Waals surface area contributed by atoms with Gasteiger partial charge < -0.3 is 15.1 Å². The molecule has 6 heteroatoms. The Morgan fingerprint density at radius 2 is 2.09 bits per heavy atom. The van der Waals surface area contributed by atoms with Crippen molar-refractivity contribution in [3.8, 4) is 0 Å². The molecule has 0 aliphatic carbocycles. The lowest BCUT2D eigenvalue weighted by Crippen LogP contribution is -2.52. The van der Waals surface area contributed by atoms with Gasteiger partial charge in [-0.15, -0.1) is 11.3 Å². The van der Waals surface area contributed by atoms with Crippen LogP contribution in [0.15, 0.2) is 46.9 Å². The lowest BCUT2D eigenvalue weighted by atomic mass is 10.3. The minimum Gasteiger partial charge on any atom is -0.357 e. The van der Waals surface area contributed by atoms with Crippen LogP contribution in [-0.2, 0) is 6.54 Å². The molecule has 3 rings (SSSR count). The third kappa shape index (κ3) is 4.22. The number of pyridine rings is 1. The van der Waals surface area contributed by atoms with Crippen LogP contribution < -0.4 is 10.2 Å². The fraction of sp³-hybridized carbons (Fsp3) is 0.412.